The van der Waals surface area contributed by atoms with E-state index in [1.165, 1.54) is 0 Å². The van der Waals surface area contributed by atoms with Gasteiger partial charge in [-0.2, -0.15) is 0 Å². The summed E-state index contributed by atoms with van der Waals surface area (Å²) in [5.74, 6) is -0.208. The van der Waals surface area contributed by atoms with Gasteiger partial charge in [-0.25, -0.2) is 0 Å². The summed E-state index contributed by atoms with van der Waals surface area (Å²) in [4.78, 5) is 12.2. The number of thiocarbonyl (C=S) groups is 1. The van der Waals surface area contributed by atoms with E-state index in [9.17, 15) is 4.79 Å². The molecule has 0 aliphatic heterocycles. The van der Waals surface area contributed by atoms with Gasteiger partial charge in [-0.05, 0) is 90.5 Å². The van der Waals surface area contributed by atoms with Crippen molar-refractivity contribution in [3.63, 3.8) is 0 Å². The van der Waals surface area contributed by atoms with E-state index in [4.69, 9.17) is 12.2 Å². The number of nitrogens with one attached hydrogen (secondary N) is 2. The Balaban J connectivity index is 2.06. The van der Waals surface area contributed by atoms with Crippen molar-refractivity contribution in [3.05, 3.63) is 62.2 Å². The van der Waals surface area contributed by atoms with Gasteiger partial charge in [0, 0.05) is 14.8 Å². The second-order valence-corrected chi connectivity index (χ2v) is 6.76. The second-order valence-electron chi connectivity index (χ2n) is 5.19. The zero-order chi connectivity index (χ0) is 16.3. The Hall–Kier alpha value is -1.47. The first-order valence-corrected chi connectivity index (χ1v) is 8.31. The van der Waals surface area contributed by atoms with Crippen LogP contribution in [0.2, 0.25) is 0 Å². The van der Waals surface area contributed by atoms with E-state index in [2.05, 4.69) is 33.2 Å². The highest BCUT2D eigenvalue weighted by Crippen LogP contribution is 2.16. The topological polar surface area (TPSA) is 41.1 Å². The second kappa shape index (κ2) is 7.19. The van der Waals surface area contributed by atoms with Gasteiger partial charge in [-0.3, -0.25) is 10.1 Å². The smallest absolute Gasteiger partial charge is 0.257 e. The quantitative estimate of drug-likeness (QED) is 0.557. The Bertz CT molecular complexity index is 743. The molecule has 0 saturated carbocycles. The summed E-state index contributed by atoms with van der Waals surface area (Å²) in [6.07, 6.45) is 0. The first kappa shape index (κ1) is 16.9. The zero-order valence-corrected chi connectivity index (χ0v) is 15.6. The molecule has 2 N–H and O–H groups in total. The Kier molecular flexibility index (Phi) is 5.52. The average Bonchev–Trinajstić information content (AvgIpc) is 2.45. The van der Waals surface area contributed by atoms with E-state index in [1.54, 1.807) is 6.07 Å². The molecule has 0 spiro atoms. The minimum absolute atomic E-state index is 0.208. The molecule has 0 unspecified atom stereocenters. The fourth-order valence-electron chi connectivity index (χ4n) is 1.93. The minimum atomic E-state index is -0.208. The molecule has 114 valence electrons. The Labute approximate surface area is 149 Å². The van der Waals surface area contributed by atoms with Crippen LogP contribution in [0.25, 0.3) is 0 Å². The van der Waals surface area contributed by atoms with Crippen molar-refractivity contribution in [1.29, 1.82) is 0 Å². The number of aryl methyl sites for hydroxylation is 3. The van der Waals surface area contributed by atoms with Crippen LogP contribution in [0.4, 0.5) is 5.69 Å². The highest BCUT2D eigenvalue weighted by atomic mass is 127. The van der Waals surface area contributed by atoms with Gasteiger partial charge in [0.15, 0.2) is 5.11 Å². The summed E-state index contributed by atoms with van der Waals surface area (Å²) in [6.45, 7) is 6.02. The molecule has 0 fully saturated rings. The SMILES string of the molecule is Cc1ccc(C)c(NC(=S)NC(=O)c2ccc(C)c(I)c2)c1. The monoisotopic (exact) mass is 424 g/mol. The third-order valence-electron chi connectivity index (χ3n) is 3.30. The van der Waals surface area contributed by atoms with E-state index in [-0.39, 0.29) is 5.91 Å². The Morgan fingerprint density at radius 1 is 1.05 bits per heavy atom. The summed E-state index contributed by atoms with van der Waals surface area (Å²) in [7, 11) is 0. The van der Waals surface area contributed by atoms with Crippen LogP contribution in [0.3, 0.4) is 0 Å². The van der Waals surface area contributed by atoms with Gasteiger partial charge < -0.3 is 5.32 Å². The van der Waals surface area contributed by atoms with Crippen molar-refractivity contribution in [1.82, 2.24) is 5.32 Å². The van der Waals surface area contributed by atoms with Crippen LogP contribution in [0.5, 0.6) is 0 Å². The van der Waals surface area contributed by atoms with Crippen LogP contribution >= 0.6 is 34.8 Å². The lowest BCUT2D eigenvalue weighted by Gasteiger charge is -2.12. The molecular formula is C17H17IN2OS. The van der Waals surface area contributed by atoms with Gasteiger partial charge in [-0.1, -0.05) is 18.2 Å². The molecule has 1 amide bonds. The van der Waals surface area contributed by atoms with Crippen LogP contribution in [0, 0.1) is 24.3 Å². The Morgan fingerprint density at radius 2 is 1.73 bits per heavy atom. The number of rotatable bonds is 2. The molecule has 0 radical (unpaired) electrons. The van der Waals surface area contributed by atoms with Crippen LogP contribution < -0.4 is 10.6 Å². The van der Waals surface area contributed by atoms with Crippen molar-refractivity contribution < 1.29 is 4.79 Å². The molecule has 0 aromatic heterocycles. The lowest BCUT2D eigenvalue weighted by Crippen LogP contribution is -2.34. The van der Waals surface area contributed by atoms with Crippen LogP contribution in [0.15, 0.2) is 36.4 Å². The molecule has 0 aliphatic carbocycles. The van der Waals surface area contributed by atoms with Gasteiger partial charge in [0.2, 0.25) is 0 Å². The highest BCUT2D eigenvalue weighted by Gasteiger charge is 2.10. The number of hydrogen-bond donors (Lipinski definition) is 2. The molecule has 2 rings (SSSR count). The number of benzene rings is 2. The third-order valence-corrected chi connectivity index (χ3v) is 4.67. The molecular weight excluding hydrogens is 407 g/mol. The maximum atomic E-state index is 12.2. The summed E-state index contributed by atoms with van der Waals surface area (Å²) >= 11 is 7.44. The maximum Gasteiger partial charge on any atom is 0.257 e. The van der Waals surface area contributed by atoms with Crippen molar-refractivity contribution in [2.45, 2.75) is 20.8 Å². The molecule has 0 atom stereocenters. The first-order valence-electron chi connectivity index (χ1n) is 6.82. The van der Waals surface area contributed by atoms with Crippen molar-refractivity contribution in [2.75, 3.05) is 5.32 Å². The summed E-state index contributed by atoms with van der Waals surface area (Å²) in [6, 6.07) is 11.6. The fourth-order valence-corrected chi connectivity index (χ4v) is 2.65. The van der Waals surface area contributed by atoms with Gasteiger partial charge in [-0.15, -0.1) is 0 Å². The van der Waals surface area contributed by atoms with E-state index >= 15 is 0 Å². The van der Waals surface area contributed by atoms with Gasteiger partial charge in [0.1, 0.15) is 0 Å². The number of amides is 1. The normalized spacial score (nSPS) is 10.2. The number of carbonyl (C=O) groups excluding carboxylic acids is 1. The maximum absolute atomic E-state index is 12.2. The number of hydrogen-bond acceptors (Lipinski definition) is 2. The fraction of sp³-hybridized carbons (Fsp3) is 0.176. The van der Waals surface area contributed by atoms with Crippen LogP contribution in [0.1, 0.15) is 27.0 Å². The molecule has 0 saturated heterocycles. The largest absolute Gasteiger partial charge is 0.332 e. The number of halogens is 1. The molecule has 5 heteroatoms. The molecule has 3 nitrogen and oxygen atoms in total. The standard InChI is InChI=1S/C17H17IN2OS/c1-10-4-5-12(3)15(8-10)19-17(22)20-16(21)13-7-6-11(2)14(18)9-13/h4-9H,1-3H3,(H2,19,20,21,22). The van der Waals surface area contributed by atoms with E-state index in [1.807, 2.05) is 51.1 Å². The number of carbonyl (C=O) groups is 1. The lowest BCUT2D eigenvalue weighted by molar-refractivity contribution is 0.0977. The molecule has 22 heavy (non-hydrogen) atoms. The predicted molar refractivity (Wildman–Crippen MR) is 103 cm³/mol. The van der Waals surface area contributed by atoms with Crippen molar-refractivity contribution >= 4 is 51.5 Å². The first-order chi connectivity index (χ1) is 10.4. The van der Waals surface area contributed by atoms with Gasteiger partial charge in [0.05, 0.1) is 0 Å². The Morgan fingerprint density at radius 3 is 2.41 bits per heavy atom. The minimum Gasteiger partial charge on any atom is -0.332 e. The summed E-state index contributed by atoms with van der Waals surface area (Å²) in [5, 5.41) is 6.09. The highest BCUT2D eigenvalue weighted by molar-refractivity contribution is 14.1. The molecule has 2 aromatic rings. The van der Waals surface area contributed by atoms with Gasteiger partial charge in [0.25, 0.3) is 5.91 Å². The van der Waals surface area contributed by atoms with E-state index in [0.29, 0.717) is 10.7 Å². The molecule has 0 bridgehead atoms. The van der Waals surface area contributed by atoms with Crippen LogP contribution in [-0.4, -0.2) is 11.0 Å². The molecule has 0 heterocycles. The van der Waals surface area contributed by atoms with Gasteiger partial charge >= 0.3 is 0 Å². The van der Waals surface area contributed by atoms with E-state index < -0.39 is 0 Å². The van der Waals surface area contributed by atoms with Crippen molar-refractivity contribution in [2.24, 2.45) is 0 Å². The molecule has 0 aliphatic rings. The zero-order valence-electron chi connectivity index (χ0n) is 12.7. The predicted octanol–water partition coefficient (Wildman–Crippen LogP) is 4.34. The van der Waals surface area contributed by atoms with Crippen molar-refractivity contribution in [3.8, 4) is 0 Å². The summed E-state index contributed by atoms with van der Waals surface area (Å²) in [5.41, 5.74) is 4.86. The lowest BCUT2D eigenvalue weighted by atomic mass is 10.1. The third kappa shape index (κ3) is 4.27. The average molecular weight is 424 g/mol. The van der Waals surface area contributed by atoms with Crippen LogP contribution in [-0.2, 0) is 0 Å². The molecule has 2 aromatic carbocycles. The number of anilines is 1. The summed E-state index contributed by atoms with van der Waals surface area (Å²) < 4.78 is 1.05. The van der Waals surface area contributed by atoms with E-state index in [0.717, 1.165) is 25.9 Å².